The van der Waals surface area contributed by atoms with Crippen molar-refractivity contribution in [3.8, 4) is 0 Å². The fraction of sp³-hybridized carbons (Fsp3) is 0.694. The van der Waals surface area contributed by atoms with E-state index in [9.17, 15) is 36.8 Å². The maximum Gasteiger partial charge on any atom is 0.410 e. The van der Waals surface area contributed by atoms with E-state index in [1.807, 2.05) is 0 Å². The second kappa shape index (κ2) is 14.9. The molecular formula is C36H46F3N5O9S. The minimum atomic E-state index is -4.01. The van der Waals surface area contributed by atoms with Crippen molar-refractivity contribution in [3.05, 3.63) is 35.1 Å². The van der Waals surface area contributed by atoms with Gasteiger partial charge in [0.15, 0.2) is 0 Å². The number of carbonyl (C=O) groups excluding carboxylic acids is 5. The number of ether oxygens (including phenoxy) is 2. The number of halogens is 3. The highest BCUT2D eigenvalue weighted by Gasteiger charge is 2.62. The molecule has 14 nitrogen and oxygen atoms in total. The van der Waals surface area contributed by atoms with Gasteiger partial charge in [-0.1, -0.05) is 18.6 Å². The summed E-state index contributed by atoms with van der Waals surface area (Å²) in [6, 6.07) is 1.56. The average molecular weight is 782 g/mol. The lowest BCUT2D eigenvalue weighted by Crippen LogP contribution is -2.58. The summed E-state index contributed by atoms with van der Waals surface area (Å²) in [4.78, 5) is 70.8. The van der Waals surface area contributed by atoms with E-state index in [0.29, 0.717) is 36.8 Å². The van der Waals surface area contributed by atoms with Gasteiger partial charge < -0.3 is 25.0 Å². The number of nitrogens with zero attached hydrogens (tertiary/aromatic N) is 2. The number of hydrogen-bond donors (Lipinski definition) is 3. The third-order valence-electron chi connectivity index (χ3n) is 11.7. The molecule has 2 saturated heterocycles. The van der Waals surface area contributed by atoms with Crippen molar-refractivity contribution in [1.29, 1.82) is 0 Å². The Hall–Kier alpha value is -4.09. The van der Waals surface area contributed by atoms with Crippen LogP contribution >= 0.6 is 0 Å². The van der Waals surface area contributed by atoms with E-state index in [2.05, 4.69) is 15.4 Å². The fourth-order valence-electron chi connectivity index (χ4n) is 8.30. The first-order valence-electron chi connectivity index (χ1n) is 18.9. The summed E-state index contributed by atoms with van der Waals surface area (Å²) in [6.45, 7) is -0.355. The highest BCUT2D eigenvalue weighted by molar-refractivity contribution is 7.91. The minimum absolute atomic E-state index is 0.0590. The van der Waals surface area contributed by atoms with Gasteiger partial charge in [-0.3, -0.25) is 24.0 Å². The Balaban J connectivity index is 1.14. The lowest BCUT2D eigenvalue weighted by atomic mass is 10.00. The van der Waals surface area contributed by atoms with Gasteiger partial charge >= 0.3 is 12.2 Å². The molecule has 0 unspecified atom stereocenters. The highest BCUT2D eigenvalue weighted by atomic mass is 32.2. The van der Waals surface area contributed by atoms with Crippen LogP contribution in [-0.2, 0) is 47.0 Å². The summed E-state index contributed by atoms with van der Waals surface area (Å²) in [5.41, 5.74) is -0.731. The number of alkyl carbamates (subject to hydrolysis) is 1. The molecule has 18 heteroatoms. The number of fused-ring (bicyclic) bond motifs is 3. The lowest BCUT2D eigenvalue weighted by molar-refractivity contribution is -0.141. The zero-order chi connectivity index (χ0) is 38.4. The van der Waals surface area contributed by atoms with Gasteiger partial charge in [0.2, 0.25) is 27.8 Å². The summed E-state index contributed by atoms with van der Waals surface area (Å²) >= 11 is 0. The van der Waals surface area contributed by atoms with Crippen LogP contribution in [0.4, 0.5) is 22.8 Å². The van der Waals surface area contributed by atoms with E-state index in [4.69, 9.17) is 9.47 Å². The number of nitrogens with one attached hydrogen (secondary N) is 3. The van der Waals surface area contributed by atoms with Gasteiger partial charge in [0.05, 0.1) is 18.3 Å². The van der Waals surface area contributed by atoms with Crippen molar-refractivity contribution in [2.24, 2.45) is 5.92 Å². The molecule has 0 spiro atoms. The van der Waals surface area contributed by atoms with Crippen LogP contribution in [0.25, 0.3) is 0 Å². The Morgan fingerprint density at radius 3 is 2.37 bits per heavy atom. The molecule has 296 valence electrons. The molecule has 3 N–H and O–H groups in total. The summed E-state index contributed by atoms with van der Waals surface area (Å²) in [7, 11) is -4.01. The number of benzene rings is 1. The fourth-order valence-corrected chi connectivity index (χ4v) is 9.66. The Bertz CT molecular complexity index is 1790. The maximum absolute atomic E-state index is 15.3. The van der Waals surface area contributed by atoms with Crippen molar-refractivity contribution < 1.29 is 55.0 Å². The van der Waals surface area contributed by atoms with Crippen LogP contribution in [-0.4, -0.2) is 95.7 Å². The molecule has 3 heterocycles. The monoisotopic (exact) mass is 781 g/mol. The van der Waals surface area contributed by atoms with Gasteiger partial charge in [-0.05, 0) is 81.8 Å². The molecule has 0 radical (unpaired) electrons. The van der Waals surface area contributed by atoms with Crippen LogP contribution in [0.15, 0.2) is 18.2 Å². The first-order valence-corrected chi connectivity index (χ1v) is 20.4. The van der Waals surface area contributed by atoms with Crippen LogP contribution in [0.5, 0.6) is 0 Å². The first kappa shape index (κ1) is 38.2. The molecule has 0 bridgehead atoms. The Labute approximate surface area is 311 Å². The van der Waals surface area contributed by atoms with Crippen molar-refractivity contribution in [2.45, 2.75) is 144 Å². The molecule has 3 aliphatic carbocycles. The summed E-state index contributed by atoms with van der Waals surface area (Å²) in [5.74, 6) is -6.89. The molecule has 5 fully saturated rings. The van der Waals surface area contributed by atoms with Crippen molar-refractivity contribution in [2.75, 3.05) is 6.54 Å². The van der Waals surface area contributed by atoms with Crippen molar-refractivity contribution in [3.63, 3.8) is 0 Å². The highest BCUT2D eigenvalue weighted by Crippen LogP contribution is 2.48. The molecule has 7 rings (SSSR count). The van der Waals surface area contributed by atoms with Gasteiger partial charge in [0.1, 0.15) is 35.6 Å². The lowest BCUT2D eigenvalue weighted by Gasteiger charge is -2.30. The average Bonchev–Trinajstić information content (AvgIpc) is 3.90. The van der Waals surface area contributed by atoms with Crippen LogP contribution in [0, 0.1) is 11.7 Å². The summed E-state index contributed by atoms with van der Waals surface area (Å²) in [6.07, 6.45) is -0.891. The van der Waals surface area contributed by atoms with Gasteiger partial charge in [0.25, 0.3) is 5.91 Å². The maximum atomic E-state index is 15.3. The number of hydrogen-bond acceptors (Lipinski definition) is 9. The molecular weight excluding hydrogens is 735 g/mol. The normalized spacial score (nSPS) is 30.2. The van der Waals surface area contributed by atoms with Gasteiger partial charge in [-0.25, -0.2) is 31.2 Å². The predicted octanol–water partition coefficient (Wildman–Crippen LogP) is 3.76. The molecule has 1 aromatic rings. The third kappa shape index (κ3) is 8.27. The van der Waals surface area contributed by atoms with Crippen LogP contribution in [0.1, 0.15) is 101 Å². The molecule has 6 aliphatic rings. The second-order valence-electron chi connectivity index (χ2n) is 15.7. The molecule has 3 saturated carbocycles. The van der Waals surface area contributed by atoms with E-state index < -0.39 is 106 Å². The Morgan fingerprint density at radius 1 is 0.907 bits per heavy atom. The van der Waals surface area contributed by atoms with E-state index in [1.54, 1.807) is 6.07 Å². The largest absolute Gasteiger partial charge is 0.446 e. The smallest absolute Gasteiger partial charge is 0.410 e. The third-order valence-corrected chi connectivity index (χ3v) is 13.5. The SMILES string of the molecule is O=C(N[C@H]1CCC(F)(F)CCCC[C@@H]2C[C@@]2(C(=O)NS(=O)(=O)C2CC2)NC(=O)[C@@H]2C[C@@H](OC(=O)N3Cc4cccc(F)c4C3)CN2C1=O)OC1CCCC1. The molecule has 5 amide bonds. The van der Waals surface area contributed by atoms with Gasteiger partial charge in [-0.2, -0.15) is 0 Å². The molecule has 5 atom stereocenters. The number of rotatable bonds is 6. The summed E-state index contributed by atoms with van der Waals surface area (Å²) < 4.78 is 83.8. The number of sulfonamides is 1. The van der Waals surface area contributed by atoms with Crippen molar-refractivity contribution >= 4 is 39.9 Å². The second-order valence-corrected chi connectivity index (χ2v) is 17.6. The van der Waals surface area contributed by atoms with Gasteiger partial charge in [0, 0.05) is 31.4 Å². The Kier molecular flexibility index (Phi) is 10.5. The van der Waals surface area contributed by atoms with Crippen LogP contribution in [0.3, 0.4) is 0 Å². The van der Waals surface area contributed by atoms with E-state index in [0.717, 1.165) is 17.7 Å². The van der Waals surface area contributed by atoms with Crippen LogP contribution < -0.4 is 15.4 Å². The molecule has 54 heavy (non-hydrogen) atoms. The topological polar surface area (TPSA) is 181 Å². The Morgan fingerprint density at radius 2 is 1.65 bits per heavy atom. The van der Waals surface area contributed by atoms with Crippen molar-refractivity contribution in [1.82, 2.24) is 25.2 Å². The van der Waals surface area contributed by atoms with E-state index >= 15 is 8.78 Å². The number of alkyl halides is 2. The van der Waals surface area contributed by atoms with E-state index in [1.165, 1.54) is 17.0 Å². The standard InChI is InChI=1S/C36H46F3N5O9S/c37-27-10-5-6-21-18-43(20-26(21)27)34(49)53-24-16-29-30(45)41-36(32(47)42-54(50,51)25-11-12-25)17-22(36)7-3-4-14-35(38,39)15-13-28(31(46)44(29)19-24)40-33(48)52-23-8-1-2-9-23/h5-6,10,22-25,28-29H,1-4,7-9,11-20H2,(H,40,48)(H,41,45)(H,42,47)/t22-,24-,28+,29+,36-/m1/s1. The van der Waals surface area contributed by atoms with Crippen LogP contribution in [0.2, 0.25) is 0 Å². The quantitative estimate of drug-likeness (QED) is 0.388. The van der Waals surface area contributed by atoms with E-state index in [-0.39, 0.29) is 57.8 Å². The number of amides is 5. The van der Waals surface area contributed by atoms with Gasteiger partial charge in [-0.15, -0.1) is 0 Å². The zero-order valence-electron chi connectivity index (χ0n) is 29.8. The minimum Gasteiger partial charge on any atom is -0.446 e. The first-order chi connectivity index (χ1) is 25.6. The molecule has 3 aliphatic heterocycles. The number of carbonyl (C=O) groups is 5. The molecule has 0 aromatic heterocycles. The summed E-state index contributed by atoms with van der Waals surface area (Å²) in [5, 5.41) is 4.45. The predicted molar refractivity (Wildman–Crippen MR) is 183 cm³/mol. The zero-order valence-corrected chi connectivity index (χ0v) is 30.6. The molecule has 1 aromatic carbocycles.